The molecule has 0 heterocycles. The molecule has 0 bridgehead atoms. The molecule has 0 amide bonds. The lowest BCUT2D eigenvalue weighted by Crippen LogP contribution is -1.86. The highest BCUT2D eigenvalue weighted by molar-refractivity contribution is 9.11. The van der Waals surface area contributed by atoms with Crippen molar-refractivity contribution in [2.24, 2.45) is 4.99 Å². The van der Waals surface area contributed by atoms with Crippen LogP contribution in [0.5, 0.6) is 5.75 Å². The molecule has 0 fully saturated rings. The van der Waals surface area contributed by atoms with Gasteiger partial charge in [0.1, 0.15) is 5.75 Å². The molecule has 2 aromatic rings. The SMILES string of the molecule is Oc1c(Br)ccc(Br)c1C=Nc1ccccc1Cl. The molecule has 0 aromatic heterocycles. The first-order chi connectivity index (χ1) is 8.59. The highest BCUT2D eigenvalue weighted by Gasteiger charge is 2.07. The summed E-state index contributed by atoms with van der Waals surface area (Å²) in [7, 11) is 0. The molecule has 0 radical (unpaired) electrons. The Morgan fingerprint density at radius 1 is 1.06 bits per heavy atom. The molecule has 0 aliphatic rings. The molecule has 2 nitrogen and oxygen atoms in total. The van der Waals surface area contributed by atoms with Gasteiger partial charge >= 0.3 is 0 Å². The van der Waals surface area contributed by atoms with E-state index in [2.05, 4.69) is 36.9 Å². The van der Waals surface area contributed by atoms with E-state index >= 15 is 0 Å². The van der Waals surface area contributed by atoms with E-state index in [9.17, 15) is 5.11 Å². The van der Waals surface area contributed by atoms with Crippen LogP contribution in [0.25, 0.3) is 0 Å². The fraction of sp³-hybridized carbons (Fsp3) is 0. The van der Waals surface area contributed by atoms with Gasteiger partial charge in [0.25, 0.3) is 0 Å². The summed E-state index contributed by atoms with van der Waals surface area (Å²) in [6.45, 7) is 0. The van der Waals surface area contributed by atoms with Gasteiger partial charge in [-0.25, -0.2) is 0 Å². The number of aliphatic imine (C=N–C) groups is 1. The average molecular weight is 389 g/mol. The van der Waals surface area contributed by atoms with Crippen LogP contribution >= 0.6 is 43.5 Å². The molecule has 0 aliphatic heterocycles. The molecule has 0 aliphatic carbocycles. The Bertz CT molecular complexity index is 614. The number of benzene rings is 2. The van der Waals surface area contributed by atoms with Crippen molar-refractivity contribution in [3.05, 3.63) is 55.9 Å². The highest BCUT2D eigenvalue weighted by atomic mass is 79.9. The van der Waals surface area contributed by atoms with Crippen LogP contribution < -0.4 is 0 Å². The van der Waals surface area contributed by atoms with Gasteiger partial charge in [0.15, 0.2) is 0 Å². The minimum Gasteiger partial charge on any atom is -0.506 e. The van der Waals surface area contributed by atoms with E-state index in [1.165, 1.54) is 0 Å². The third-order valence-electron chi connectivity index (χ3n) is 2.30. The monoisotopic (exact) mass is 387 g/mol. The number of para-hydroxylation sites is 1. The van der Waals surface area contributed by atoms with Crippen LogP contribution in [0.15, 0.2) is 50.3 Å². The van der Waals surface area contributed by atoms with Gasteiger partial charge in [-0.1, -0.05) is 23.7 Å². The van der Waals surface area contributed by atoms with Crippen LogP contribution in [-0.4, -0.2) is 11.3 Å². The van der Waals surface area contributed by atoms with Crippen molar-refractivity contribution in [3.8, 4) is 5.75 Å². The summed E-state index contributed by atoms with van der Waals surface area (Å²) < 4.78 is 1.38. The molecule has 2 aromatic carbocycles. The molecule has 2 rings (SSSR count). The van der Waals surface area contributed by atoms with E-state index in [4.69, 9.17) is 11.6 Å². The van der Waals surface area contributed by atoms with Crippen molar-refractivity contribution in [1.82, 2.24) is 0 Å². The van der Waals surface area contributed by atoms with Crippen molar-refractivity contribution in [2.75, 3.05) is 0 Å². The summed E-state index contributed by atoms with van der Waals surface area (Å²) in [5.41, 5.74) is 1.26. The van der Waals surface area contributed by atoms with Gasteiger partial charge in [-0.15, -0.1) is 0 Å². The Morgan fingerprint density at radius 2 is 1.72 bits per heavy atom. The average Bonchev–Trinajstić information content (AvgIpc) is 2.36. The number of aromatic hydroxyl groups is 1. The van der Waals surface area contributed by atoms with Gasteiger partial charge in [0, 0.05) is 16.3 Å². The lowest BCUT2D eigenvalue weighted by Gasteiger charge is -2.04. The van der Waals surface area contributed by atoms with Gasteiger partial charge in [-0.2, -0.15) is 0 Å². The Morgan fingerprint density at radius 3 is 2.44 bits per heavy atom. The molecular formula is C13H8Br2ClNO. The normalized spacial score (nSPS) is 11.1. The fourth-order valence-corrected chi connectivity index (χ4v) is 2.32. The molecule has 0 atom stereocenters. The molecule has 0 spiro atoms. The fourth-order valence-electron chi connectivity index (χ4n) is 1.37. The number of halogens is 3. The smallest absolute Gasteiger partial charge is 0.139 e. The first-order valence-corrected chi connectivity index (χ1v) is 7.01. The molecule has 0 unspecified atom stereocenters. The Labute approximate surface area is 127 Å². The number of phenolic OH excluding ortho intramolecular Hbond substituents is 1. The third kappa shape index (κ3) is 2.94. The predicted molar refractivity (Wildman–Crippen MR) is 82.2 cm³/mol. The molecular weight excluding hydrogens is 381 g/mol. The summed E-state index contributed by atoms with van der Waals surface area (Å²) in [5, 5.41) is 10.5. The van der Waals surface area contributed by atoms with E-state index in [-0.39, 0.29) is 5.75 Å². The zero-order valence-electron chi connectivity index (χ0n) is 9.07. The molecule has 1 N–H and O–H groups in total. The topological polar surface area (TPSA) is 32.6 Å². The van der Waals surface area contributed by atoms with E-state index in [1.807, 2.05) is 24.3 Å². The van der Waals surface area contributed by atoms with E-state index < -0.39 is 0 Å². The second kappa shape index (κ2) is 5.87. The van der Waals surface area contributed by atoms with Gasteiger partial charge in [-0.3, -0.25) is 4.99 Å². The summed E-state index contributed by atoms with van der Waals surface area (Å²) in [6, 6.07) is 10.9. The first kappa shape index (κ1) is 13.6. The van der Waals surface area contributed by atoms with Crippen LogP contribution in [0, 0.1) is 0 Å². The van der Waals surface area contributed by atoms with E-state index in [1.54, 1.807) is 18.3 Å². The maximum Gasteiger partial charge on any atom is 0.139 e. The second-order valence-electron chi connectivity index (χ2n) is 3.50. The van der Waals surface area contributed by atoms with Crippen molar-refractivity contribution in [1.29, 1.82) is 0 Å². The number of hydrogen-bond acceptors (Lipinski definition) is 2. The van der Waals surface area contributed by atoms with Gasteiger partial charge < -0.3 is 5.11 Å². The minimum absolute atomic E-state index is 0.139. The lowest BCUT2D eigenvalue weighted by molar-refractivity contribution is 0.470. The van der Waals surface area contributed by atoms with Crippen LogP contribution in [0.3, 0.4) is 0 Å². The zero-order valence-corrected chi connectivity index (χ0v) is 13.0. The lowest BCUT2D eigenvalue weighted by atomic mass is 10.2. The van der Waals surface area contributed by atoms with E-state index in [0.29, 0.717) is 20.7 Å². The second-order valence-corrected chi connectivity index (χ2v) is 5.62. The molecule has 18 heavy (non-hydrogen) atoms. The molecule has 5 heteroatoms. The minimum atomic E-state index is 0.139. The van der Waals surface area contributed by atoms with Crippen molar-refractivity contribution < 1.29 is 5.11 Å². The van der Waals surface area contributed by atoms with Crippen LogP contribution in [0.2, 0.25) is 5.02 Å². The number of phenols is 1. The number of nitrogens with zero attached hydrogens (tertiary/aromatic N) is 1. The van der Waals surface area contributed by atoms with Crippen molar-refractivity contribution in [3.63, 3.8) is 0 Å². The third-order valence-corrected chi connectivity index (χ3v) is 3.95. The van der Waals surface area contributed by atoms with Crippen LogP contribution in [0.1, 0.15) is 5.56 Å². The molecule has 0 saturated heterocycles. The summed E-state index contributed by atoms with van der Waals surface area (Å²) >= 11 is 12.6. The standard InChI is InChI=1S/C13H8Br2ClNO/c14-9-5-6-10(15)13(18)8(9)7-17-12-4-2-1-3-11(12)16/h1-7,18H. The first-order valence-electron chi connectivity index (χ1n) is 5.05. The van der Waals surface area contributed by atoms with Gasteiger partial charge in [0.2, 0.25) is 0 Å². The zero-order chi connectivity index (χ0) is 13.1. The maximum absolute atomic E-state index is 9.92. The number of rotatable bonds is 2. The van der Waals surface area contributed by atoms with Crippen molar-refractivity contribution in [2.45, 2.75) is 0 Å². The summed E-state index contributed by atoms with van der Waals surface area (Å²) in [5.74, 6) is 0.139. The Hall–Kier alpha value is -0.840. The van der Waals surface area contributed by atoms with Gasteiger partial charge in [0.05, 0.1) is 15.2 Å². The van der Waals surface area contributed by atoms with Gasteiger partial charge in [-0.05, 0) is 56.1 Å². The van der Waals surface area contributed by atoms with Crippen molar-refractivity contribution >= 4 is 55.4 Å². The van der Waals surface area contributed by atoms with Crippen LogP contribution in [0.4, 0.5) is 5.69 Å². The van der Waals surface area contributed by atoms with Crippen LogP contribution in [-0.2, 0) is 0 Å². The predicted octanol–water partition coefficient (Wildman–Crippen LogP) is 5.32. The Kier molecular flexibility index (Phi) is 4.43. The summed E-state index contributed by atoms with van der Waals surface area (Å²) in [6.07, 6.45) is 1.57. The molecule has 0 saturated carbocycles. The quantitative estimate of drug-likeness (QED) is 0.693. The van der Waals surface area contributed by atoms with E-state index in [0.717, 1.165) is 4.47 Å². The maximum atomic E-state index is 9.92. The highest BCUT2D eigenvalue weighted by Crippen LogP contribution is 2.33. The molecule has 92 valence electrons. The summed E-state index contributed by atoms with van der Waals surface area (Å²) in [4.78, 5) is 4.27. The largest absolute Gasteiger partial charge is 0.506 e. The Balaban J connectivity index is 2.41. The number of hydrogen-bond donors (Lipinski definition) is 1.